The van der Waals surface area contributed by atoms with Crippen molar-refractivity contribution in [2.45, 2.75) is 44.3 Å². The number of carbonyl (C=O) groups excluding carboxylic acids is 1. The molecule has 1 aromatic heterocycles. The highest BCUT2D eigenvalue weighted by Gasteiger charge is 2.26. The van der Waals surface area contributed by atoms with E-state index < -0.39 is 0 Å². The van der Waals surface area contributed by atoms with Gasteiger partial charge in [-0.05, 0) is 67.6 Å². The van der Waals surface area contributed by atoms with Crippen molar-refractivity contribution < 1.29 is 9.53 Å². The third-order valence-electron chi connectivity index (χ3n) is 6.98. The minimum atomic E-state index is -0.206. The van der Waals surface area contributed by atoms with Gasteiger partial charge in [0.15, 0.2) is 0 Å². The first-order chi connectivity index (χ1) is 17.9. The van der Waals surface area contributed by atoms with Gasteiger partial charge in [-0.1, -0.05) is 36.4 Å². The predicted octanol–water partition coefficient (Wildman–Crippen LogP) is 4.35. The second-order valence-corrected chi connectivity index (χ2v) is 9.64. The normalized spacial score (nSPS) is 17.4. The minimum absolute atomic E-state index is 0.0415. The highest BCUT2D eigenvalue weighted by atomic mass is 16.5. The summed E-state index contributed by atoms with van der Waals surface area (Å²) in [7, 11) is 0. The van der Waals surface area contributed by atoms with Gasteiger partial charge >= 0.3 is 0 Å². The average molecular weight is 497 g/mol. The smallest absolute Gasteiger partial charge is 0.270 e. The number of hydrogen-bond acceptors (Lipinski definition) is 5. The van der Waals surface area contributed by atoms with E-state index in [0.717, 1.165) is 53.6 Å². The van der Waals surface area contributed by atoms with Crippen LogP contribution in [0.3, 0.4) is 0 Å². The van der Waals surface area contributed by atoms with Gasteiger partial charge in [0, 0.05) is 29.6 Å². The van der Waals surface area contributed by atoms with Gasteiger partial charge in [0.05, 0.1) is 11.2 Å². The molecule has 4 aromatic rings. The van der Waals surface area contributed by atoms with E-state index in [4.69, 9.17) is 27.3 Å². The average Bonchev–Trinajstić information content (AvgIpc) is 3.17. The van der Waals surface area contributed by atoms with E-state index in [2.05, 4.69) is 5.32 Å². The van der Waals surface area contributed by atoms with Crippen LogP contribution < -0.4 is 27.3 Å². The molecule has 8 nitrogen and oxygen atoms in total. The van der Waals surface area contributed by atoms with E-state index >= 15 is 0 Å². The zero-order valence-corrected chi connectivity index (χ0v) is 20.6. The maximum atomic E-state index is 13.5. The number of nitrogens with one attached hydrogen (secondary N) is 2. The molecule has 37 heavy (non-hydrogen) atoms. The molecular formula is C29H32N6O2. The molecule has 3 aromatic carbocycles. The van der Waals surface area contributed by atoms with Crippen LogP contribution in [0.25, 0.3) is 10.9 Å². The number of fused-ring (bicyclic) bond motifs is 1. The number of nitrogens with zero attached hydrogens (tertiary/aromatic N) is 1. The molecule has 1 fully saturated rings. The van der Waals surface area contributed by atoms with Gasteiger partial charge < -0.3 is 31.8 Å². The van der Waals surface area contributed by atoms with Crippen molar-refractivity contribution in [3.63, 3.8) is 0 Å². The molecule has 1 heterocycles. The monoisotopic (exact) mass is 496 g/mol. The van der Waals surface area contributed by atoms with E-state index in [9.17, 15) is 4.79 Å². The van der Waals surface area contributed by atoms with Crippen LogP contribution in [0.1, 0.15) is 47.3 Å². The highest BCUT2D eigenvalue weighted by molar-refractivity contribution is 6.09. The molecule has 0 aliphatic heterocycles. The molecule has 1 amide bonds. The summed E-state index contributed by atoms with van der Waals surface area (Å²) >= 11 is 0. The van der Waals surface area contributed by atoms with Gasteiger partial charge in [0.2, 0.25) is 0 Å². The minimum Gasteiger partial charge on any atom is -0.457 e. The summed E-state index contributed by atoms with van der Waals surface area (Å²) in [6, 6.07) is 23.0. The van der Waals surface area contributed by atoms with Crippen molar-refractivity contribution in [1.29, 1.82) is 5.41 Å². The van der Waals surface area contributed by atoms with Crippen LogP contribution in [0, 0.1) is 5.41 Å². The molecule has 8 N–H and O–H groups in total. The first-order valence-electron chi connectivity index (χ1n) is 12.5. The summed E-state index contributed by atoms with van der Waals surface area (Å²) in [6.07, 6.45) is 3.49. The maximum Gasteiger partial charge on any atom is 0.270 e. The summed E-state index contributed by atoms with van der Waals surface area (Å²) in [5, 5.41) is 11.8. The Morgan fingerprint density at radius 3 is 2.32 bits per heavy atom. The number of aromatic nitrogens is 1. The fraction of sp³-hybridized carbons (Fsp3) is 0.241. The number of benzene rings is 3. The van der Waals surface area contributed by atoms with Gasteiger partial charge in [-0.15, -0.1) is 0 Å². The standard InChI is InChI=1S/C29H32N6O2/c30-20-9-11-21(12-10-20)34-29(36)27-26(31)24-15-8-19(28(32)33)16-25(24)35(27)17-18-6-13-23(14-7-18)37-22-4-2-1-3-5-22/h1-8,13-16,20-21H,9-12,17,30-31H2,(H3,32,33)(H,34,36)/t20-,21-. The first kappa shape index (κ1) is 24.4. The SMILES string of the molecule is N=C(N)c1ccc2c(N)c(C(=O)N[C@H]3CC[C@H](N)CC3)n(Cc3ccc(Oc4ccccc4)cc3)c2c1. The van der Waals surface area contributed by atoms with Crippen molar-refractivity contribution >= 4 is 28.3 Å². The largest absolute Gasteiger partial charge is 0.457 e. The lowest BCUT2D eigenvalue weighted by molar-refractivity contribution is 0.0918. The fourth-order valence-corrected chi connectivity index (χ4v) is 4.94. The van der Waals surface area contributed by atoms with Gasteiger partial charge in [0.25, 0.3) is 5.91 Å². The van der Waals surface area contributed by atoms with Crippen molar-refractivity contribution in [2.24, 2.45) is 11.5 Å². The van der Waals surface area contributed by atoms with E-state index in [1.165, 1.54) is 0 Å². The molecule has 0 radical (unpaired) electrons. The number of para-hydroxylation sites is 1. The van der Waals surface area contributed by atoms with Crippen molar-refractivity contribution in [2.75, 3.05) is 5.73 Å². The molecule has 0 bridgehead atoms. The third-order valence-corrected chi connectivity index (χ3v) is 6.98. The van der Waals surface area contributed by atoms with Crippen LogP contribution in [-0.4, -0.2) is 28.4 Å². The molecule has 1 saturated carbocycles. The van der Waals surface area contributed by atoms with Crippen LogP contribution in [0.5, 0.6) is 11.5 Å². The summed E-state index contributed by atoms with van der Waals surface area (Å²) in [6.45, 7) is 0.416. The Hall–Kier alpha value is -4.30. The molecule has 190 valence electrons. The Morgan fingerprint density at radius 1 is 0.973 bits per heavy atom. The molecule has 0 spiro atoms. The summed E-state index contributed by atoms with van der Waals surface area (Å²) in [4.78, 5) is 13.5. The van der Waals surface area contributed by atoms with Gasteiger partial charge in [0.1, 0.15) is 23.0 Å². The van der Waals surface area contributed by atoms with E-state index in [1.54, 1.807) is 6.07 Å². The number of amides is 1. The highest BCUT2D eigenvalue weighted by Crippen LogP contribution is 2.31. The van der Waals surface area contributed by atoms with Crippen molar-refractivity contribution in [3.05, 3.63) is 89.6 Å². The fourth-order valence-electron chi connectivity index (χ4n) is 4.94. The van der Waals surface area contributed by atoms with Crippen LogP contribution in [0.15, 0.2) is 72.8 Å². The quantitative estimate of drug-likeness (QED) is 0.191. The summed E-state index contributed by atoms with van der Waals surface area (Å²) in [5.41, 5.74) is 21.5. The Morgan fingerprint density at radius 2 is 1.65 bits per heavy atom. The second-order valence-electron chi connectivity index (χ2n) is 9.64. The molecule has 1 aliphatic carbocycles. The number of amidine groups is 1. The molecule has 0 unspecified atom stereocenters. The third kappa shape index (κ3) is 5.29. The Balaban J connectivity index is 1.47. The lowest BCUT2D eigenvalue weighted by atomic mass is 9.92. The van der Waals surface area contributed by atoms with Gasteiger partial charge in [-0.3, -0.25) is 10.2 Å². The van der Waals surface area contributed by atoms with E-state index in [-0.39, 0.29) is 23.8 Å². The number of rotatable bonds is 7. The van der Waals surface area contributed by atoms with Crippen LogP contribution >= 0.6 is 0 Å². The maximum absolute atomic E-state index is 13.5. The van der Waals surface area contributed by atoms with Crippen LogP contribution in [-0.2, 0) is 6.54 Å². The Bertz CT molecular complexity index is 1420. The number of hydrogen-bond donors (Lipinski definition) is 5. The second kappa shape index (κ2) is 10.4. The number of nitrogen functional groups attached to an aromatic ring is 2. The molecule has 8 heteroatoms. The zero-order chi connectivity index (χ0) is 25.9. The lowest BCUT2D eigenvalue weighted by Gasteiger charge is -2.27. The van der Waals surface area contributed by atoms with Gasteiger partial charge in [-0.2, -0.15) is 0 Å². The number of anilines is 1. The number of nitrogens with two attached hydrogens (primary N) is 3. The molecule has 1 aliphatic rings. The topological polar surface area (TPSA) is 145 Å². The van der Waals surface area contributed by atoms with Crippen molar-refractivity contribution in [3.8, 4) is 11.5 Å². The summed E-state index contributed by atoms with van der Waals surface area (Å²) < 4.78 is 7.83. The predicted molar refractivity (Wildman–Crippen MR) is 147 cm³/mol. The van der Waals surface area contributed by atoms with E-state index in [1.807, 2.05) is 71.3 Å². The Kier molecular flexibility index (Phi) is 6.83. The number of carbonyl (C=O) groups is 1. The summed E-state index contributed by atoms with van der Waals surface area (Å²) in [5.74, 6) is 1.24. The van der Waals surface area contributed by atoms with Crippen molar-refractivity contribution in [1.82, 2.24) is 9.88 Å². The van der Waals surface area contributed by atoms with Crippen LogP contribution in [0.4, 0.5) is 5.69 Å². The first-order valence-corrected chi connectivity index (χ1v) is 12.5. The van der Waals surface area contributed by atoms with Crippen LogP contribution in [0.2, 0.25) is 0 Å². The zero-order valence-electron chi connectivity index (χ0n) is 20.6. The van der Waals surface area contributed by atoms with E-state index in [0.29, 0.717) is 23.5 Å². The van der Waals surface area contributed by atoms with Gasteiger partial charge in [-0.25, -0.2) is 0 Å². The molecule has 5 rings (SSSR count). The molecule has 0 atom stereocenters. The number of ether oxygens (including phenoxy) is 1. The Labute approximate surface area is 215 Å². The molecule has 0 saturated heterocycles. The lowest BCUT2D eigenvalue weighted by Crippen LogP contribution is -2.41. The molecular weight excluding hydrogens is 464 g/mol.